The second-order valence-corrected chi connectivity index (χ2v) is 3.98. The van der Waals surface area contributed by atoms with E-state index < -0.39 is 0 Å². The minimum Gasteiger partial charge on any atom is -0.378 e. The van der Waals surface area contributed by atoms with Crippen molar-refractivity contribution in [3.05, 3.63) is 17.0 Å². The maximum atomic E-state index is 5.49. The van der Waals surface area contributed by atoms with Crippen molar-refractivity contribution in [3.8, 4) is 0 Å². The monoisotopic (exact) mass is 209 g/mol. The Morgan fingerprint density at radius 1 is 1.53 bits per heavy atom. The molecule has 0 spiro atoms. The van der Waals surface area contributed by atoms with Gasteiger partial charge in [-0.05, 0) is 20.8 Å². The lowest BCUT2D eigenvalue weighted by atomic mass is 10.0. The van der Waals surface area contributed by atoms with Crippen molar-refractivity contribution < 1.29 is 4.74 Å². The van der Waals surface area contributed by atoms with Crippen LogP contribution in [0.4, 0.5) is 0 Å². The molecule has 0 bridgehead atoms. The Bertz CT molecular complexity index is 340. The molecular formula is C11H19N3O. The predicted molar refractivity (Wildman–Crippen MR) is 58.9 cm³/mol. The summed E-state index contributed by atoms with van der Waals surface area (Å²) in [6.07, 6.45) is 0. The van der Waals surface area contributed by atoms with E-state index in [1.807, 2.05) is 0 Å². The quantitative estimate of drug-likeness (QED) is 0.795. The lowest BCUT2D eigenvalue weighted by molar-refractivity contribution is 0.0764. The van der Waals surface area contributed by atoms with Crippen LogP contribution in [0.3, 0.4) is 0 Å². The Morgan fingerprint density at radius 2 is 2.33 bits per heavy atom. The summed E-state index contributed by atoms with van der Waals surface area (Å²) in [5, 5.41) is 8.00. The van der Waals surface area contributed by atoms with Gasteiger partial charge in [-0.3, -0.25) is 4.68 Å². The van der Waals surface area contributed by atoms with E-state index in [0.717, 1.165) is 32.0 Å². The number of ether oxygens (including phenoxy) is 1. The van der Waals surface area contributed by atoms with Crippen molar-refractivity contribution in [1.29, 1.82) is 0 Å². The molecule has 1 aromatic heterocycles. The van der Waals surface area contributed by atoms with Crippen LogP contribution in [0.5, 0.6) is 0 Å². The van der Waals surface area contributed by atoms with Gasteiger partial charge >= 0.3 is 0 Å². The Kier molecular flexibility index (Phi) is 3.07. The molecule has 0 radical (unpaired) electrons. The van der Waals surface area contributed by atoms with E-state index in [-0.39, 0.29) is 0 Å². The lowest BCUT2D eigenvalue weighted by Crippen LogP contribution is -2.35. The average Bonchev–Trinajstić information content (AvgIpc) is 2.55. The number of aromatic nitrogens is 2. The largest absolute Gasteiger partial charge is 0.378 e. The van der Waals surface area contributed by atoms with Gasteiger partial charge in [0.15, 0.2) is 0 Å². The van der Waals surface area contributed by atoms with Crippen LogP contribution in [0.2, 0.25) is 0 Å². The maximum absolute atomic E-state index is 5.49. The molecule has 15 heavy (non-hydrogen) atoms. The third kappa shape index (κ3) is 1.92. The van der Waals surface area contributed by atoms with E-state index in [1.165, 1.54) is 11.3 Å². The highest BCUT2D eigenvalue weighted by Gasteiger charge is 2.22. The van der Waals surface area contributed by atoms with E-state index in [9.17, 15) is 0 Å². The van der Waals surface area contributed by atoms with Crippen LogP contribution in [0.15, 0.2) is 0 Å². The van der Waals surface area contributed by atoms with Crippen molar-refractivity contribution in [2.75, 3.05) is 19.8 Å². The molecule has 0 aliphatic carbocycles. The van der Waals surface area contributed by atoms with Gasteiger partial charge in [0.25, 0.3) is 0 Å². The minimum absolute atomic E-state index is 0.319. The van der Waals surface area contributed by atoms with Crippen LogP contribution in [-0.4, -0.2) is 29.5 Å². The van der Waals surface area contributed by atoms with Crippen molar-refractivity contribution in [1.82, 2.24) is 15.1 Å². The number of rotatable bonds is 2. The summed E-state index contributed by atoms with van der Waals surface area (Å²) in [5.74, 6) is 0. The van der Waals surface area contributed by atoms with Crippen LogP contribution in [0.1, 0.15) is 29.9 Å². The predicted octanol–water partition coefficient (Wildman–Crippen LogP) is 1.18. The molecule has 1 aliphatic heterocycles. The zero-order chi connectivity index (χ0) is 10.8. The highest BCUT2D eigenvalue weighted by atomic mass is 16.5. The molecule has 84 valence electrons. The van der Waals surface area contributed by atoms with Gasteiger partial charge in [-0.15, -0.1) is 0 Å². The number of morpholine rings is 1. The van der Waals surface area contributed by atoms with Gasteiger partial charge < -0.3 is 10.1 Å². The third-order valence-electron chi connectivity index (χ3n) is 3.01. The summed E-state index contributed by atoms with van der Waals surface area (Å²) >= 11 is 0. The van der Waals surface area contributed by atoms with Crippen molar-refractivity contribution in [2.45, 2.75) is 33.4 Å². The number of aryl methyl sites for hydroxylation is 2. The molecule has 0 saturated carbocycles. The fourth-order valence-electron chi connectivity index (χ4n) is 2.27. The summed E-state index contributed by atoms with van der Waals surface area (Å²) in [5.41, 5.74) is 3.70. The Balaban J connectivity index is 2.29. The summed E-state index contributed by atoms with van der Waals surface area (Å²) in [6.45, 7) is 9.77. The van der Waals surface area contributed by atoms with E-state index >= 15 is 0 Å². The van der Waals surface area contributed by atoms with Crippen molar-refractivity contribution >= 4 is 0 Å². The second-order valence-electron chi connectivity index (χ2n) is 3.98. The standard InChI is InChI=1S/C11H19N3O/c1-4-14-9(3)11(8(2)13-14)10-7-15-6-5-12-10/h10,12H,4-7H2,1-3H3/t10-/m0/s1. The Hall–Kier alpha value is -0.870. The molecule has 0 amide bonds. The van der Waals surface area contributed by atoms with Gasteiger partial charge in [-0.25, -0.2) is 0 Å². The van der Waals surface area contributed by atoms with E-state index in [2.05, 4.69) is 35.9 Å². The van der Waals surface area contributed by atoms with Crippen LogP contribution in [-0.2, 0) is 11.3 Å². The van der Waals surface area contributed by atoms with Crippen LogP contribution >= 0.6 is 0 Å². The molecule has 0 unspecified atom stereocenters. The van der Waals surface area contributed by atoms with E-state index in [0.29, 0.717) is 6.04 Å². The number of nitrogens with one attached hydrogen (secondary N) is 1. The first kappa shape index (κ1) is 10.6. The van der Waals surface area contributed by atoms with Crippen LogP contribution in [0.25, 0.3) is 0 Å². The molecule has 1 aliphatic rings. The Morgan fingerprint density at radius 3 is 2.87 bits per heavy atom. The van der Waals surface area contributed by atoms with Gasteiger partial charge in [-0.2, -0.15) is 5.10 Å². The molecule has 4 heteroatoms. The molecule has 2 heterocycles. The van der Waals surface area contributed by atoms with E-state index in [4.69, 9.17) is 4.74 Å². The van der Waals surface area contributed by atoms with Gasteiger partial charge in [0.1, 0.15) is 0 Å². The zero-order valence-electron chi connectivity index (χ0n) is 9.71. The molecule has 0 aromatic carbocycles. The molecule has 1 N–H and O–H groups in total. The lowest BCUT2D eigenvalue weighted by Gasteiger charge is -2.24. The number of nitrogens with zero attached hydrogens (tertiary/aromatic N) is 2. The highest BCUT2D eigenvalue weighted by Crippen LogP contribution is 2.23. The first-order chi connectivity index (χ1) is 7.24. The Labute approximate surface area is 90.6 Å². The molecule has 1 fully saturated rings. The fourth-order valence-corrected chi connectivity index (χ4v) is 2.27. The summed E-state index contributed by atoms with van der Waals surface area (Å²) in [4.78, 5) is 0. The van der Waals surface area contributed by atoms with Crippen LogP contribution in [0, 0.1) is 13.8 Å². The molecule has 2 rings (SSSR count). The fraction of sp³-hybridized carbons (Fsp3) is 0.727. The molecule has 1 saturated heterocycles. The SMILES string of the molecule is CCn1nc(C)c([C@@H]2COCCN2)c1C. The minimum atomic E-state index is 0.319. The van der Waals surface area contributed by atoms with Crippen LogP contribution < -0.4 is 5.32 Å². The average molecular weight is 209 g/mol. The van der Waals surface area contributed by atoms with E-state index in [1.54, 1.807) is 0 Å². The highest BCUT2D eigenvalue weighted by molar-refractivity contribution is 5.28. The molecular weight excluding hydrogens is 190 g/mol. The smallest absolute Gasteiger partial charge is 0.0663 e. The van der Waals surface area contributed by atoms with Gasteiger partial charge in [-0.1, -0.05) is 0 Å². The first-order valence-electron chi connectivity index (χ1n) is 5.59. The van der Waals surface area contributed by atoms with Crippen molar-refractivity contribution in [3.63, 3.8) is 0 Å². The normalized spacial score (nSPS) is 21.9. The van der Waals surface area contributed by atoms with Gasteiger partial charge in [0, 0.05) is 24.3 Å². The van der Waals surface area contributed by atoms with Gasteiger partial charge in [0.05, 0.1) is 24.9 Å². The maximum Gasteiger partial charge on any atom is 0.0663 e. The van der Waals surface area contributed by atoms with Crippen molar-refractivity contribution in [2.24, 2.45) is 0 Å². The number of hydrogen-bond acceptors (Lipinski definition) is 3. The molecule has 1 atom stereocenters. The molecule has 1 aromatic rings. The molecule has 4 nitrogen and oxygen atoms in total. The summed E-state index contributed by atoms with van der Waals surface area (Å²) in [6, 6.07) is 0.319. The zero-order valence-corrected chi connectivity index (χ0v) is 9.71. The topological polar surface area (TPSA) is 39.1 Å². The summed E-state index contributed by atoms with van der Waals surface area (Å²) < 4.78 is 7.55. The number of hydrogen-bond donors (Lipinski definition) is 1. The summed E-state index contributed by atoms with van der Waals surface area (Å²) in [7, 11) is 0. The van der Waals surface area contributed by atoms with Gasteiger partial charge in [0.2, 0.25) is 0 Å². The third-order valence-corrected chi connectivity index (χ3v) is 3.01. The first-order valence-corrected chi connectivity index (χ1v) is 5.59. The second kappa shape index (κ2) is 4.33.